The van der Waals surface area contributed by atoms with Crippen LogP contribution in [0.1, 0.15) is 67.3 Å². The van der Waals surface area contributed by atoms with E-state index in [1.807, 2.05) is 30.3 Å². The average molecular weight is 443 g/mol. The third kappa shape index (κ3) is 5.94. The molecule has 31 heavy (non-hydrogen) atoms. The number of rotatable bonds is 7. The molecule has 1 aromatic carbocycles. The lowest BCUT2D eigenvalue weighted by molar-refractivity contribution is -0.137. The molecule has 1 heterocycles. The summed E-state index contributed by atoms with van der Waals surface area (Å²) in [6.07, 6.45) is 3.03. The van der Waals surface area contributed by atoms with Crippen LogP contribution in [-0.2, 0) is 22.4 Å². The molecule has 2 amide bonds. The van der Waals surface area contributed by atoms with Crippen LogP contribution in [0.15, 0.2) is 30.3 Å². The summed E-state index contributed by atoms with van der Waals surface area (Å²) >= 11 is 1.48. The molecule has 0 saturated heterocycles. The second-order valence-electron chi connectivity index (χ2n) is 9.13. The Bertz CT molecular complexity index is 960. The lowest BCUT2D eigenvalue weighted by Crippen LogP contribution is -2.27. The van der Waals surface area contributed by atoms with Crippen LogP contribution in [-0.4, -0.2) is 22.9 Å². The zero-order valence-corrected chi connectivity index (χ0v) is 19.1. The van der Waals surface area contributed by atoms with Crippen LogP contribution < -0.4 is 10.6 Å². The van der Waals surface area contributed by atoms with Gasteiger partial charge in [-0.15, -0.1) is 11.3 Å². The van der Waals surface area contributed by atoms with Gasteiger partial charge in [-0.3, -0.25) is 14.4 Å². The molecule has 0 aliphatic heterocycles. The number of carboxylic acid groups (broad SMARTS) is 1. The minimum absolute atomic E-state index is 0.0526. The van der Waals surface area contributed by atoms with E-state index in [4.69, 9.17) is 5.11 Å². The summed E-state index contributed by atoms with van der Waals surface area (Å²) in [5.41, 5.74) is 2.45. The van der Waals surface area contributed by atoms with Crippen molar-refractivity contribution in [3.63, 3.8) is 0 Å². The first-order valence-corrected chi connectivity index (χ1v) is 11.5. The molecule has 3 rings (SSSR count). The van der Waals surface area contributed by atoms with Gasteiger partial charge in [-0.1, -0.05) is 39.0 Å². The van der Waals surface area contributed by atoms with Gasteiger partial charge in [0.15, 0.2) is 0 Å². The van der Waals surface area contributed by atoms with Crippen LogP contribution in [0.3, 0.4) is 0 Å². The summed E-state index contributed by atoms with van der Waals surface area (Å²) in [4.78, 5) is 37.5. The highest BCUT2D eigenvalue weighted by atomic mass is 32.1. The van der Waals surface area contributed by atoms with E-state index in [-0.39, 0.29) is 36.5 Å². The fraction of sp³-hybridized carbons (Fsp3) is 0.458. The number of nitrogens with one attached hydrogen (secondary N) is 2. The molecule has 0 fully saturated rings. The van der Waals surface area contributed by atoms with Crippen molar-refractivity contribution in [2.75, 3.05) is 10.6 Å². The average Bonchev–Trinajstić information content (AvgIpc) is 3.04. The number of hydrogen-bond donors (Lipinski definition) is 3. The van der Waals surface area contributed by atoms with Gasteiger partial charge in [-0.05, 0) is 54.7 Å². The molecular weight excluding hydrogens is 412 g/mol. The first-order valence-electron chi connectivity index (χ1n) is 10.7. The number of thiophene rings is 1. The second kappa shape index (κ2) is 9.64. The molecule has 3 N–H and O–H groups in total. The van der Waals surface area contributed by atoms with Crippen LogP contribution in [0, 0.1) is 11.3 Å². The number of amides is 2. The maximum atomic E-state index is 13.2. The zero-order chi connectivity index (χ0) is 22.6. The SMILES string of the molecule is CC(C)(C)[C@@H]1CCc2c(sc(NC(=O)CCCC(=O)O)c2C(=O)Nc2ccccc2)C1. The highest BCUT2D eigenvalue weighted by molar-refractivity contribution is 7.17. The summed E-state index contributed by atoms with van der Waals surface area (Å²) in [6.45, 7) is 6.72. The van der Waals surface area contributed by atoms with Gasteiger partial charge in [-0.25, -0.2) is 0 Å². The largest absolute Gasteiger partial charge is 0.481 e. The Labute approximate surface area is 187 Å². The number of carbonyl (C=O) groups excluding carboxylic acids is 2. The molecule has 0 radical (unpaired) electrons. The predicted molar refractivity (Wildman–Crippen MR) is 124 cm³/mol. The van der Waals surface area contributed by atoms with Gasteiger partial charge in [-0.2, -0.15) is 0 Å². The van der Waals surface area contributed by atoms with E-state index in [2.05, 4.69) is 31.4 Å². The Morgan fingerprint density at radius 1 is 1.10 bits per heavy atom. The van der Waals surface area contributed by atoms with Crippen molar-refractivity contribution in [1.29, 1.82) is 0 Å². The van der Waals surface area contributed by atoms with E-state index >= 15 is 0 Å². The molecule has 1 aromatic heterocycles. The minimum Gasteiger partial charge on any atom is -0.481 e. The van der Waals surface area contributed by atoms with Gasteiger partial charge in [0.05, 0.1) is 5.56 Å². The first-order chi connectivity index (χ1) is 14.6. The molecule has 0 spiro atoms. The smallest absolute Gasteiger partial charge is 0.303 e. The number of para-hydroxylation sites is 1. The highest BCUT2D eigenvalue weighted by Crippen LogP contribution is 2.44. The van der Waals surface area contributed by atoms with E-state index in [0.717, 1.165) is 29.7 Å². The van der Waals surface area contributed by atoms with Gasteiger partial charge in [0, 0.05) is 23.4 Å². The van der Waals surface area contributed by atoms with Gasteiger partial charge in [0.2, 0.25) is 5.91 Å². The van der Waals surface area contributed by atoms with Crippen molar-refractivity contribution in [2.45, 2.75) is 59.3 Å². The van der Waals surface area contributed by atoms with Crippen molar-refractivity contribution in [1.82, 2.24) is 0 Å². The maximum Gasteiger partial charge on any atom is 0.303 e. The number of carboxylic acids is 1. The number of carbonyl (C=O) groups is 3. The van der Waals surface area contributed by atoms with E-state index in [9.17, 15) is 14.4 Å². The number of aliphatic carboxylic acids is 1. The Morgan fingerprint density at radius 2 is 1.81 bits per heavy atom. The van der Waals surface area contributed by atoms with Crippen molar-refractivity contribution in [3.8, 4) is 0 Å². The summed E-state index contributed by atoms with van der Waals surface area (Å²) in [5.74, 6) is -0.891. The van der Waals surface area contributed by atoms with Crippen LogP contribution in [0.5, 0.6) is 0 Å². The summed E-state index contributed by atoms with van der Waals surface area (Å²) in [7, 11) is 0. The van der Waals surface area contributed by atoms with Crippen LogP contribution in [0.2, 0.25) is 0 Å². The fourth-order valence-corrected chi connectivity index (χ4v) is 5.30. The van der Waals surface area contributed by atoms with Crippen LogP contribution in [0.25, 0.3) is 0 Å². The Hall–Kier alpha value is -2.67. The molecule has 1 aliphatic carbocycles. The molecule has 2 aromatic rings. The molecule has 7 heteroatoms. The molecule has 1 atom stereocenters. The quantitative estimate of drug-likeness (QED) is 0.539. The zero-order valence-electron chi connectivity index (χ0n) is 18.3. The highest BCUT2D eigenvalue weighted by Gasteiger charge is 2.34. The number of benzene rings is 1. The fourth-order valence-electron chi connectivity index (χ4n) is 3.96. The van der Waals surface area contributed by atoms with Crippen LogP contribution in [0.4, 0.5) is 10.7 Å². The summed E-state index contributed by atoms with van der Waals surface area (Å²) < 4.78 is 0. The predicted octanol–water partition coefficient (Wildman–Crippen LogP) is 5.34. The van der Waals surface area contributed by atoms with E-state index in [1.165, 1.54) is 11.3 Å². The lowest BCUT2D eigenvalue weighted by Gasteiger charge is -2.33. The number of fused-ring (bicyclic) bond motifs is 1. The number of hydrogen-bond acceptors (Lipinski definition) is 4. The Morgan fingerprint density at radius 3 is 2.45 bits per heavy atom. The maximum absolute atomic E-state index is 13.2. The van der Waals surface area contributed by atoms with Crippen molar-refractivity contribution in [2.24, 2.45) is 11.3 Å². The summed E-state index contributed by atoms with van der Waals surface area (Å²) in [5, 5.41) is 15.2. The van der Waals surface area contributed by atoms with Gasteiger partial charge >= 0.3 is 5.97 Å². The molecule has 0 saturated carbocycles. The van der Waals surface area contributed by atoms with Crippen LogP contribution >= 0.6 is 11.3 Å². The van der Waals surface area contributed by atoms with E-state index in [1.54, 1.807) is 0 Å². The third-order valence-electron chi connectivity index (χ3n) is 5.80. The molecule has 1 aliphatic rings. The Kier molecular flexibility index (Phi) is 7.15. The minimum atomic E-state index is -0.921. The molecular formula is C24H30N2O4S. The van der Waals surface area contributed by atoms with E-state index in [0.29, 0.717) is 22.2 Å². The summed E-state index contributed by atoms with van der Waals surface area (Å²) in [6, 6.07) is 9.26. The monoisotopic (exact) mass is 442 g/mol. The molecule has 0 bridgehead atoms. The topological polar surface area (TPSA) is 95.5 Å². The van der Waals surface area contributed by atoms with Crippen molar-refractivity contribution < 1.29 is 19.5 Å². The third-order valence-corrected chi connectivity index (χ3v) is 6.97. The van der Waals surface area contributed by atoms with Gasteiger partial charge in [0.25, 0.3) is 5.91 Å². The van der Waals surface area contributed by atoms with Crippen molar-refractivity contribution >= 4 is 39.8 Å². The second-order valence-corrected chi connectivity index (χ2v) is 10.2. The molecule has 6 nitrogen and oxygen atoms in total. The number of anilines is 2. The Balaban J connectivity index is 1.86. The molecule has 0 unspecified atom stereocenters. The van der Waals surface area contributed by atoms with Gasteiger partial charge in [0.1, 0.15) is 5.00 Å². The molecule has 166 valence electrons. The van der Waals surface area contributed by atoms with E-state index < -0.39 is 5.97 Å². The standard InChI is InChI=1S/C24H30N2O4S/c1-24(2,3)15-12-13-17-18(14-15)31-23(26-19(27)10-7-11-20(28)29)21(17)22(30)25-16-8-5-4-6-9-16/h4-6,8-9,15H,7,10-14H2,1-3H3,(H,25,30)(H,26,27)(H,28,29)/t15-/m1/s1. The lowest BCUT2D eigenvalue weighted by atomic mass is 9.72. The first kappa shape index (κ1) is 23.0. The normalized spacial score (nSPS) is 15.8. The van der Waals surface area contributed by atoms with Crippen molar-refractivity contribution in [3.05, 3.63) is 46.3 Å². The van der Waals surface area contributed by atoms with Gasteiger partial charge < -0.3 is 15.7 Å².